The summed E-state index contributed by atoms with van der Waals surface area (Å²) >= 11 is 0. The number of aromatic nitrogens is 4. The summed E-state index contributed by atoms with van der Waals surface area (Å²) in [6.45, 7) is 3.41. The van der Waals surface area contributed by atoms with Crippen molar-refractivity contribution >= 4 is 5.91 Å². The van der Waals surface area contributed by atoms with Crippen molar-refractivity contribution in [2.45, 2.75) is 25.7 Å². The summed E-state index contributed by atoms with van der Waals surface area (Å²) in [7, 11) is 1.86. The van der Waals surface area contributed by atoms with E-state index in [2.05, 4.69) is 10.1 Å². The van der Waals surface area contributed by atoms with Crippen LogP contribution in [0.25, 0.3) is 11.3 Å². The maximum absolute atomic E-state index is 13.3. The van der Waals surface area contributed by atoms with Gasteiger partial charge in [-0.2, -0.15) is 5.10 Å². The molecule has 1 saturated heterocycles. The second-order valence-corrected chi connectivity index (χ2v) is 8.74. The highest BCUT2D eigenvalue weighted by atomic mass is 16.5. The number of amides is 1. The van der Waals surface area contributed by atoms with Gasteiger partial charge in [-0.3, -0.25) is 14.5 Å². The molecule has 7 heteroatoms. The standard InChI is InChI=1S/C27H27N5O2/c1-19-8-10-23(11-9-19)34-26-7-3-6-24(30-26)21-5-4-14-32(18-21)27(33)20-12-13-28-25(15-20)22-16-29-31(2)17-22/h3,6-13,15-17,21H,4-5,14,18H2,1-2H3. The third-order valence-electron chi connectivity index (χ3n) is 6.12. The number of benzene rings is 1. The Balaban J connectivity index is 1.30. The third kappa shape index (κ3) is 4.83. The van der Waals surface area contributed by atoms with E-state index in [0.29, 0.717) is 18.0 Å². The molecule has 4 aromatic rings. The maximum Gasteiger partial charge on any atom is 0.254 e. The number of likely N-dealkylation sites (tertiary alicyclic amines) is 1. The van der Waals surface area contributed by atoms with Gasteiger partial charge in [0.15, 0.2) is 0 Å². The Morgan fingerprint density at radius 2 is 1.97 bits per heavy atom. The lowest BCUT2D eigenvalue weighted by Crippen LogP contribution is -2.39. The summed E-state index contributed by atoms with van der Waals surface area (Å²) in [4.78, 5) is 24.4. The minimum absolute atomic E-state index is 0.0179. The molecule has 1 unspecified atom stereocenters. The fourth-order valence-electron chi connectivity index (χ4n) is 4.30. The number of ether oxygens (including phenoxy) is 1. The molecular formula is C27H27N5O2. The van der Waals surface area contributed by atoms with E-state index in [4.69, 9.17) is 9.72 Å². The molecule has 4 heterocycles. The van der Waals surface area contributed by atoms with Crippen LogP contribution >= 0.6 is 0 Å². The van der Waals surface area contributed by atoms with Crippen LogP contribution < -0.4 is 4.74 Å². The average Bonchev–Trinajstić information content (AvgIpc) is 3.32. The van der Waals surface area contributed by atoms with E-state index >= 15 is 0 Å². The van der Waals surface area contributed by atoms with Crippen LogP contribution in [-0.4, -0.2) is 43.6 Å². The number of piperidine rings is 1. The molecular weight excluding hydrogens is 426 g/mol. The zero-order valence-electron chi connectivity index (χ0n) is 19.4. The van der Waals surface area contributed by atoms with Gasteiger partial charge in [-0.15, -0.1) is 0 Å². The smallest absolute Gasteiger partial charge is 0.254 e. The number of carbonyl (C=O) groups is 1. The normalized spacial score (nSPS) is 15.8. The lowest BCUT2D eigenvalue weighted by atomic mass is 9.93. The Hall–Kier alpha value is -4.00. The van der Waals surface area contributed by atoms with Crippen LogP contribution in [0.5, 0.6) is 11.6 Å². The van der Waals surface area contributed by atoms with Gasteiger partial charge in [-0.25, -0.2) is 4.98 Å². The van der Waals surface area contributed by atoms with Gasteiger partial charge in [0, 0.05) is 61.3 Å². The van der Waals surface area contributed by atoms with Crippen LogP contribution in [-0.2, 0) is 7.05 Å². The molecule has 0 aliphatic carbocycles. The van der Waals surface area contributed by atoms with Gasteiger partial charge in [0.2, 0.25) is 5.88 Å². The summed E-state index contributed by atoms with van der Waals surface area (Å²) < 4.78 is 7.69. The van der Waals surface area contributed by atoms with Gasteiger partial charge in [0.05, 0.1) is 11.9 Å². The van der Waals surface area contributed by atoms with Crippen molar-refractivity contribution in [2.24, 2.45) is 7.05 Å². The van der Waals surface area contributed by atoms with Crippen molar-refractivity contribution in [1.29, 1.82) is 0 Å². The number of rotatable bonds is 5. The lowest BCUT2D eigenvalue weighted by Gasteiger charge is -2.32. The molecule has 1 atom stereocenters. The SMILES string of the molecule is Cc1ccc(Oc2cccc(C3CCCN(C(=O)c4ccnc(-c5cnn(C)c5)c4)C3)n2)cc1. The highest BCUT2D eigenvalue weighted by Gasteiger charge is 2.27. The van der Waals surface area contributed by atoms with E-state index in [1.807, 2.05) is 73.6 Å². The van der Waals surface area contributed by atoms with Crippen LogP contribution in [0.4, 0.5) is 0 Å². The van der Waals surface area contributed by atoms with Gasteiger partial charge in [0.1, 0.15) is 5.75 Å². The van der Waals surface area contributed by atoms with Crippen LogP contribution in [0, 0.1) is 6.92 Å². The number of hydrogen-bond acceptors (Lipinski definition) is 5. The first-order valence-electron chi connectivity index (χ1n) is 11.5. The quantitative estimate of drug-likeness (QED) is 0.425. The van der Waals surface area contributed by atoms with Gasteiger partial charge < -0.3 is 9.64 Å². The number of pyridine rings is 2. The summed E-state index contributed by atoms with van der Waals surface area (Å²) in [5.41, 5.74) is 4.41. The molecule has 1 amide bonds. The number of aryl methyl sites for hydroxylation is 2. The zero-order valence-corrected chi connectivity index (χ0v) is 19.4. The third-order valence-corrected chi connectivity index (χ3v) is 6.12. The molecule has 1 aliphatic heterocycles. The molecule has 0 N–H and O–H groups in total. The van der Waals surface area contributed by atoms with E-state index in [0.717, 1.165) is 42.1 Å². The van der Waals surface area contributed by atoms with Crippen molar-refractivity contribution in [3.63, 3.8) is 0 Å². The summed E-state index contributed by atoms with van der Waals surface area (Å²) in [6.07, 6.45) is 7.25. The van der Waals surface area contributed by atoms with E-state index in [9.17, 15) is 4.79 Å². The summed E-state index contributed by atoms with van der Waals surface area (Å²) in [5.74, 6) is 1.51. The van der Waals surface area contributed by atoms with Crippen molar-refractivity contribution < 1.29 is 9.53 Å². The molecule has 0 spiro atoms. The fourth-order valence-corrected chi connectivity index (χ4v) is 4.30. The molecule has 172 valence electrons. The highest BCUT2D eigenvalue weighted by Crippen LogP contribution is 2.29. The van der Waals surface area contributed by atoms with Crippen LogP contribution in [0.15, 0.2) is 73.2 Å². The average molecular weight is 454 g/mol. The molecule has 0 bridgehead atoms. The molecule has 1 fully saturated rings. The summed E-state index contributed by atoms with van der Waals surface area (Å²) in [5, 5.41) is 4.20. The number of nitrogens with zero attached hydrogens (tertiary/aromatic N) is 5. The second-order valence-electron chi connectivity index (χ2n) is 8.74. The maximum atomic E-state index is 13.3. The minimum atomic E-state index is 0.0179. The van der Waals surface area contributed by atoms with Gasteiger partial charge in [0.25, 0.3) is 5.91 Å². The van der Waals surface area contributed by atoms with Gasteiger partial charge in [-0.1, -0.05) is 23.8 Å². The van der Waals surface area contributed by atoms with Crippen LogP contribution in [0.2, 0.25) is 0 Å². The first kappa shape index (κ1) is 21.8. The predicted molar refractivity (Wildman–Crippen MR) is 130 cm³/mol. The number of hydrogen-bond donors (Lipinski definition) is 0. The van der Waals surface area contributed by atoms with E-state index < -0.39 is 0 Å². The first-order chi connectivity index (χ1) is 16.5. The lowest BCUT2D eigenvalue weighted by molar-refractivity contribution is 0.0705. The minimum Gasteiger partial charge on any atom is -0.439 e. The van der Waals surface area contributed by atoms with E-state index in [1.54, 1.807) is 23.1 Å². The second kappa shape index (κ2) is 9.47. The van der Waals surface area contributed by atoms with Crippen LogP contribution in [0.1, 0.15) is 40.4 Å². The Bertz CT molecular complexity index is 1300. The first-order valence-corrected chi connectivity index (χ1v) is 11.5. The fraction of sp³-hybridized carbons (Fsp3) is 0.259. The van der Waals surface area contributed by atoms with Crippen molar-refractivity contribution in [3.05, 3.63) is 90.0 Å². The topological polar surface area (TPSA) is 73.1 Å². The highest BCUT2D eigenvalue weighted by molar-refractivity contribution is 5.95. The Labute approximate surface area is 199 Å². The molecule has 5 rings (SSSR count). The molecule has 1 aliphatic rings. The monoisotopic (exact) mass is 453 g/mol. The predicted octanol–water partition coefficient (Wildman–Crippen LogP) is 5.00. The summed E-state index contributed by atoms with van der Waals surface area (Å²) in [6, 6.07) is 17.4. The van der Waals surface area contributed by atoms with Crippen molar-refractivity contribution in [3.8, 4) is 22.9 Å². The van der Waals surface area contributed by atoms with Gasteiger partial charge in [-0.05, 0) is 50.1 Å². The Kier molecular flexibility index (Phi) is 6.08. The molecule has 1 aromatic carbocycles. The van der Waals surface area contributed by atoms with Crippen LogP contribution in [0.3, 0.4) is 0 Å². The van der Waals surface area contributed by atoms with E-state index in [-0.39, 0.29) is 11.8 Å². The molecule has 0 radical (unpaired) electrons. The molecule has 34 heavy (non-hydrogen) atoms. The molecule has 0 saturated carbocycles. The molecule has 3 aromatic heterocycles. The van der Waals surface area contributed by atoms with E-state index in [1.165, 1.54) is 5.56 Å². The largest absolute Gasteiger partial charge is 0.439 e. The van der Waals surface area contributed by atoms with Crippen molar-refractivity contribution in [2.75, 3.05) is 13.1 Å². The Morgan fingerprint density at radius 1 is 1.12 bits per heavy atom. The zero-order chi connectivity index (χ0) is 23.5. The molecule has 7 nitrogen and oxygen atoms in total. The Morgan fingerprint density at radius 3 is 2.76 bits per heavy atom. The van der Waals surface area contributed by atoms with Crippen molar-refractivity contribution in [1.82, 2.24) is 24.6 Å². The number of carbonyl (C=O) groups excluding carboxylic acids is 1. The van der Waals surface area contributed by atoms with Gasteiger partial charge >= 0.3 is 0 Å².